The van der Waals surface area contributed by atoms with Gasteiger partial charge in [0.25, 0.3) is 5.91 Å². The number of rotatable bonds is 9. The molecule has 2 rings (SSSR count). The van der Waals surface area contributed by atoms with Crippen molar-refractivity contribution < 1.29 is 4.79 Å². The Morgan fingerprint density at radius 2 is 2.00 bits per heavy atom. The van der Waals surface area contributed by atoms with Crippen LogP contribution in [0.4, 0.5) is 0 Å². The minimum Gasteiger partial charge on any atom is -0.356 e. The Labute approximate surface area is 199 Å². The fourth-order valence-corrected chi connectivity index (χ4v) is 3.43. The third-order valence-electron chi connectivity index (χ3n) is 5.68. The number of piperidine rings is 1. The molecule has 1 aliphatic heterocycles. The standard InChI is InChI=1S/C23H39N5O.HI/c1-5-19(3)27-22(29)21-9-6-8-20(16-21)17-26-23(24-4)25-12-7-13-28-14-10-18(2)11-15-28;/h6,8-9,16,18-19H,5,7,10-15,17H2,1-4H3,(H,27,29)(H2,24,25,26);1H. The molecule has 1 amide bonds. The SMILES string of the molecule is CCC(C)NC(=O)c1cccc(CNC(=NC)NCCCN2CCC(C)CC2)c1.I. The molecule has 1 atom stereocenters. The van der Waals surface area contributed by atoms with E-state index >= 15 is 0 Å². The number of halogens is 1. The van der Waals surface area contributed by atoms with Crippen molar-refractivity contribution in [2.24, 2.45) is 10.9 Å². The van der Waals surface area contributed by atoms with Crippen LogP contribution in [0, 0.1) is 5.92 Å². The van der Waals surface area contributed by atoms with Gasteiger partial charge in [0.2, 0.25) is 0 Å². The molecule has 0 saturated carbocycles. The maximum absolute atomic E-state index is 12.3. The van der Waals surface area contributed by atoms with Crippen LogP contribution in [0.2, 0.25) is 0 Å². The molecule has 1 unspecified atom stereocenters. The Hall–Kier alpha value is -1.35. The number of carbonyl (C=O) groups is 1. The predicted octanol–water partition coefficient (Wildman–Crippen LogP) is 3.62. The molecule has 1 aromatic rings. The Kier molecular flexibility index (Phi) is 13.0. The highest BCUT2D eigenvalue weighted by atomic mass is 127. The lowest BCUT2D eigenvalue weighted by Crippen LogP contribution is -2.39. The van der Waals surface area contributed by atoms with Crippen LogP contribution >= 0.6 is 24.0 Å². The van der Waals surface area contributed by atoms with Crippen LogP contribution in [0.5, 0.6) is 0 Å². The number of nitrogens with one attached hydrogen (secondary N) is 3. The minimum absolute atomic E-state index is 0. The van der Waals surface area contributed by atoms with Gasteiger partial charge < -0.3 is 20.9 Å². The van der Waals surface area contributed by atoms with E-state index in [2.05, 4.69) is 39.7 Å². The van der Waals surface area contributed by atoms with Crippen molar-refractivity contribution >= 4 is 35.8 Å². The zero-order valence-corrected chi connectivity index (χ0v) is 21.4. The molecule has 0 aromatic heterocycles. The van der Waals surface area contributed by atoms with E-state index in [1.807, 2.05) is 31.2 Å². The quantitative estimate of drug-likeness (QED) is 0.198. The van der Waals surface area contributed by atoms with Crippen LogP contribution < -0.4 is 16.0 Å². The van der Waals surface area contributed by atoms with E-state index in [1.165, 1.54) is 25.9 Å². The molecule has 0 bridgehead atoms. The summed E-state index contributed by atoms with van der Waals surface area (Å²) in [5.41, 5.74) is 1.76. The largest absolute Gasteiger partial charge is 0.356 e. The van der Waals surface area contributed by atoms with Gasteiger partial charge in [-0.1, -0.05) is 26.0 Å². The van der Waals surface area contributed by atoms with Crippen molar-refractivity contribution in [1.29, 1.82) is 0 Å². The van der Waals surface area contributed by atoms with Crippen molar-refractivity contribution in [2.45, 2.75) is 59.0 Å². The number of likely N-dealkylation sites (tertiary alicyclic amines) is 1. The summed E-state index contributed by atoms with van der Waals surface area (Å²) in [6.07, 6.45) is 4.68. The number of carbonyl (C=O) groups excluding carboxylic acids is 1. The molecule has 30 heavy (non-hydrogen) atoms. The van der Waals surface area contributed by atoms with Gasteiger partial charge in [-0.25, -0.2) is 0 Å². The van der Waals surface area contributed by atoms with Crippen LogP contribution in [0.1, 0.15) is 62.4 Å². The summed E-state index contributed by atoms with van der Waals surface area (Å²) in [5.74, 6) is 1.66. The highest BCUT2D eigenvalue weighted by molar-refractivity contribution is 14.0. The molecule has 0 spiro atoms. The van der Waals surface area contributed by atoms with E-state index in [-0.39, 0.29) is 35.9 Å². The first-order chi connectivity index (χ1) is 14.0. The first kappa shape index (κ1) is 26.7. The number of guanidine groups is 1. The average Bonchev–Trinajstić information content (AvgIpc) is 2.74. The van der Waals surface area contributed by atoms with Gasteiger partial charge in [0.05, 0.1) is 0 Å². The maximum atomic E-state index is 12.3. The molecule has 1 fully saturated rings. The fraction of sp³-hybridized carbons (Fsp3) is 0.652. The lowest BCUT2D eigenvalue weighted by atomic mass is 9.99. The van der Waals surface area contributed by atoms with Crippen LogP contribution in [0.3, 0.4) is 0 Å². The molecule has 1 saturated heterocycles. The lowest BCUT2D eigenvalue weighted by Gasteiger charge is -2.30. The molecule has 0 aliphatic carbocycles. The second-order valence-electron chi connectivity index (χ2n) is 8.21. The summed E-state index contributed by atoms with van der Waals surface area (Å²) in [4.78, 5) is 19.2. The first-order valence-electron chi connectivity index (χ1n) is 11.1. The monoisotopic (exact) mass is 529 g/mol. The molecule has 7 heteroatoms. The number of amides is 1. The second-order valence-corrected chi connectivity index (χ2v) is 8.21. The van der Waals surface area contributed by atoms with Crippen molar-refractivity contribution in [3.8, 4) is 0 Å². The molecular formula is C23H40IN5O. The molecule has 170 valence electrons. The van der Waals surface area contributed by atoms with Gasteiger partial charge in [0.15, 0.2) is 5.96 Å². The van der Waals surface area contributed by atoms with Crippen LogP contribution in [0.25, 0.3) is 0 Å². The van der Waals surface area contributed by atoms with Gasteiger partial charge in [-0.15, -0.1) is 24.0 Å². The molecule has 0 radical (unpaired) electrons. The summed E-state index contributed by atoms with van der Waals surface area (Å²) in [7, 11) is 1.79. The first-order valence-corrected chi connectivity index (χ1v) is 11.1. The van der Waals surface area contributed by atoms with E-state index in [0.29, 0.717) is 12.1 Å². The Morgan fingerprint density at radius 1 is 1.27 bits per heavy atom. The molecule has 3 N–H and O–H groups in total. The Bertz CT molecular complexity index is 659. The Morgan fingerprint density at radius 3 is 2.67 bits per heavy atom. The summed E-state index contributed by atoms with van der Waals surface area (Å²) in [6, 6.07) is 7.93. The normalized spacial score (nSPS) is 16.5. The van der Waals surface area contributed by atoms with Gasteiger partial charge >= 0.3 is 0 Å². The molecule has 1 aliphatic rings. The van der Waals surface area contributed by atoms with Crippen molar-refractivity contribution in [3.63, 3.8) is 0 Å². The number of hydrogen-bond donors (Lipinski definition) is 3. The van der Waals surface area contributed by atoms with Gasteiger partial charge in [0, 0.05) is 31.7 Å². The second kappa shape index (κ2) is 14.6. The third-order valence-corrected chi connectivity index (χ3v) is 5.68. The topological polar surface area (TPSA) is 68.8 Å². The Balaban J connectivity index is 0.00000450. The molecular weight excluding hydrogens is 489 g/mol. The van der Waals surface area contributed by atoms with E-state index in [0.717, 1.165) is 43.4 Å². The summed E-state index contributed by atoms with van der Waals surface area (Å²) in [6.45, 7) is 11.6. The average molecular weight is 530 g/mol. The van der Waals surface area contributed by atoms with Crippen LogP contribution in [-0.2, 0) is 6.54 Å². The van der Waals surface area contributed by atoms with E-state index in [9.17, 15) is 4.79 Å². The van der Waals surface area contributed by atoms with E-state index in [1.54, 1.807) is 7.05 Å². The summed E-state index contributed by atoms with van der Waals surface area (Å²) in [5, 5.41) is 9.75. The van der Waals surface area contributed by atoms with E-state index < -0.39 is 0 Å². The molecule has 6 nitrogen and oxygen atoms in total. The third kappa shape index (κ3) is 9.64. The minimum atomic E-state index is -0.0178. The predicted molar refractivity (Wildman–Crippen MR) is 137 cm³/mol. The van der Waals surface area contributed by atoms with E-state index in [4.69, 9.17) is 0 Å². The zero-order valence-electron chi connectivity index (χ0n) is 19.0. The van der Waals surface area contributed by atoms with Gasteiger partial charge in [-0.05, 0) is 75.9 Å². The lowest BCUT2D eigenvalue weighted by molar-refractivity contribution is 0.0939. The summed E-state index contributed by atoms with van der Waals surface area (Å²) >= 11 is 0. The number of nitrogens with zero attached hydrogens (tertiary/aromatic N) is 2. The molecule has 1 heterocycles. The van der Waals surface area contributed by atoms with Crippen molar-refractivity contribution in [3.05, 3.63) is 35.4 Å². The maximum Gasteiger partial charge on any atom is 0.251 e. The van der Waals surface area contributed by atoms with Crippen LogP contribution in [0.15, 0.2) is 29.3 Å². The highest BCUT2D eigenvalue weighted by Gasteiger charge is 2.14. The highest BCUT2D eigenvalue weighted by Crippen LogP contribution is 2.15. The smallest absolute Gasteiger partial charge is 0.251 e. The van der Waals surface area contributed by atoms with Crippen LogP contribution in [-0.4, -0.2) is 56.0 Å². The van der Waals surface area contributed by atoms with Crippen molar-refractivity contribution in [2.75, 3.05) is 33.2 Å². The number of hydrogen-bond acceptors (Lipinski definition) is 3. The number of aliphatic imine (C=N–C) groups is 1. The fourth-order valence-electron chi connectivity index (χ4n) is 3.43. The molecule has 1 aromatic carbocycles. The number of benzene rings is 1. The van der Waals surface area contributed by atoms with Crippen molar-refractivity contribution in [1.82, 2.24) is 20.9 Å². The summed E-state index contributed by atoms with van der Waals surface area (Å²) < 4.78 is 0. The van der Waals surface area contributed by atoms with Gasteiger partial charge in [-0.3, -0.25) is 9.79 Å². The van der Waals surface area contributed by atoms with Gasteiger partial charge in [-0.2, -0.15) is 0 Å². The zero-order chi connectivity index (χ0) is 21.1. The van der Waals surface area contributed by atoms with Gasteiger partial charge in [0.1, 0.15) is 0 Å².